The monoisotopic (exact) mass is 1020 g/mol. The number of likely N-dealkylation sites (N-methyl/N-ethyl adjacent to an activating group) is 2. The molecular formula is C55H68Cl2N8O7. The van der Waals surface area contributed by atoms with E-state index in [2.05, 4.69) is 32.0 Å². The van der Waals surface area contributed by atoms with Crippen LogP contribution in [0.15, 0.2) is 103 Å². The number of hydrogen-bond donors (Lipinski definition) is 2. The molecule has 4 aromatic carbocycles. The standard InChI is InChI=1S/C55H68Cl2N8O7/c1-34-35(2)62(7)54(69)42(26-38-14-12-11-13-15-38)28-51(67)65(37(4)53(68)60-47(33-71-10)55(70)63(8)45(30-50(66)59-34)27-39-16-21-43(56)22-17-39)32-41-18-23-44(57)29-49(41)72-46-24-19-40(20-25-46)48-31-58-52(64(48)9)36(3)61(5)6/h11-25,29,31,34-37,42,45,47H,26-28,30,32-33H2,1-10H3,(H,59,66)(H,60,68)/t34-,35-,36+,37-,42+,45-,47-/m0/s1. The zero-order chi connectivity index (χ0) is 52.4. The molecule has 0 spiro atoms. The molecule has 6 rings (SSSR count). The highest BCUT2D eigenvalue weighted by atomic mass is 35.5. The molecule has 2 N–H and O–H groups in total. The van der Waals surface area contributed by atoms with Gasteiger partial charge in [0, 0.05) is 80.4 Å². The van der Waals surface area contributed by atoms with Crippen molar-refractivity contribution >= 4 is 52.7 Å². The van der Waals surface area contributed by atoms with Crippen LogP contribution in [-0.2, 0) is 55.1 Å². The number of aromatic nitrogens is 2. The lowest BCUT2D eigenvalue weighted by atomic mass is 9.92. The molecule has 0 radical (unpaired) electrons. The minimum atomic E-state index is -1.20. The topological polar surface area (TPSA) is 159 Å². The molecule has 2 heterocycles. The smallest absolute Gasteiger partial charge is 0.247 e. The van der Waals surface area contributed by atoms with E-state index < -0.39 is 53.8 Å². The van der Waals surface area contributed by atoms with Crippen molar-refractivity contribution in [1.82, 2.24) is 39.8 Å². The molecule has 0 aliphatic carbocycles. The number of halogens is 2. The Bertz CT molecular complexity index is 2660. The maximum Gasteiger partial charge on any atom is 0.247 e. The summed E-state index contributed by atoms with van der Waals surface area (Å²) >= 11 is 12.8. The second kappa shape index (κ2) is 24.9. The van der Waals surface area contributed by atoms with Gasteiger partial charge in [-0.2, -0.15) is 0 Å². The Morgan fingerprint density at radius 2 is 1.43 bits per heavy atom. The molecule has 0 saturated carbocycles. The zero-order valence-corrected chi connectivity index (χ0v) is 44.4. The molecule has 5 aromatic rings. The Balaban J connectivity index is 1.37. The summed E-state index contributed by atoms with van der Waals surface area (Å²) in [4.78, 5) is 84.2. The first kappa shape index (κ1) is 55.1. The lowest BCUT2D eigenvalue weighted by Gasteiger charge is -2.36. The number of ether oxygens (including phenoxy) is 2. The highest BCUT2D eigenvalue weighted by Crippen LogP contribution is 2.33. The van der Waals surface area contributed by atoms with Crippen LogP contribution < -0.4 is 15.4 Å². The highest BCUT2D eigenvalue weighted by Gasteiger charge is 2.37. The van der Waals surface area contributed by atoms with E-state index in [1.54, 1.807) is 56.3 Å². The van der Waals surface area contributed by atoms with Gasteiger partial charge in [0.2, 0.25) is 29.5 Å². The molecule has 384 valence electrons. The fraction of sp³-hybridized carbons (Fsp3) is 0.418. The van der Waals surface area contributed by atoms with Gasteiger partial charge in [0.15, 0.2) is 0 Å². The van der Waals surface area contributed by atoms with E-state index in [4.69, 9.17) is 32.7 Å². The lowest BCUT2D eigenvalue weighted by molar-refractivity contribution is -0.147. The van der Waals surface area contributed by atoms with Crippen molar-refractivity contribution in [2.75, 3.05) is 41.9 Å². The molecule has 1 saturated heterocycles. The second-order valence-corrected chi connectivity index (χ2v) is 19.9. The Kier molecular flexibility index (Phi) is 19.1. The predicted octanol–water partition coefficient (Wildman–Crippen LogP) is 7.73. The Morgan fingerprint density at radius 3 is 2.08 bits per heavy atom. The first-order chi connectivity index (χ1) is 34.3. The minimum Gasteiger partial charge on any atom is -0.457 e. The van der Waals surface area contributed by atoms with E-state index in [0.717, 1.165) is 28.2 Å². The van der Waals surface area contributed by atoms with Gasteiger partial charge in [0.05, 0.1) is 37.0 Å². The minimum absolute atomic E-state index is 0.0835. The third-order valence-electron chi connectivity index (χ3n) is 13.9. The molecular weight excluding hydrogens is 956 g/mol. The van der Waals surface area contributed by atoms with Gasteiger partial charge in [0.25, 0.3) is 0 Å². The molecule has 1 aliphatic heterocycles. The van der Waals surface area contributed by atoms with Crippen molar-refractivity contribution in [3.63, 3.8) is 0 Å². The summed E-state index contributed by atoms with van der Waals surface area (Å²) in [6.07, 6.45) is 2.01. The zero-order valence-electron chi connectivity index (χ0n) is 42.9. The summed E-state index contributed by atoms with van der Waals surface area (Å²) < 4.78 is 14.1. The van der Waals surface area contributed by atoms with Crippen molar-refractivity contribution in [1.29, 1.82) is 0 Å². The number of benzene rings is 4. The number of carbonyl (C=O) groups is 5. The summed E-state index contributed by atoms with van der Waals surface area (Å²) in [6, 6.07) is 25.2. The summed E-state index contributed by atoms with van der Waals surface area (Å²) in [5.74, 6) is -1.37. The van der Waals surface area contributed by atoms with Gasteiger partial charge in [-0.3, -0.25) is 28.9 Å². The van der Waals surface area contributed by atoms with E-state index >= 15 is 4.79 Å². The van der Waals surface area contributed by atoms with Crippen molar-refractivity contribution in [3.8, 4) is 22.8 Å². The van der Waals surface area contributed by atoms with Gasteiger partial charge >= 0.3 is 0 Å². The number of amides is 5. The normalized spacial score (nSPS) is 21.6. The number of nitrogens with zero attached hydrogens (tertiary/aromatic N) is 6. The summed E-state index contributed by atoms with van der Waals surface area (Å²) in [7, 11) is 10.7. The van der Waals surface area contributed by atoms with Crippen LogP contribution in [0.5, 0.6) is 11.5 Å². The van der Waals surface area contributed by atoms with Crippen LogP contribution in [0.3, 0.4) is 0 Å². The van der Waals surface area contributed by atoms with Crippen molar-refractivity contribution in [3.05, 3.63) is 136 Å². The van der Waals surface area contributed by atoms with Gasteiger partial charge in [-0.1, -0.05) is 71.7 Å². The SMILES string of the molecule is COC[C@@H]1NC(=O)[C@H](C)N(Cc2ccc(Cl)cc2Oc2ccc(-c3cnc([C@@H](C)N(C)C)n3C)cc2)C(=O)C[C@@H](Cc2ccccc2)C(=O)N(C)[C@@H](C)[C@H](C)NC(=O)C[C@H](Cc2ccc(Cl)cc2)N(C)C1=O. The van der Waals surface area contributed by atoms with Gasteiger partial charge in [0.1, 0.15) is 29.4 Å². The number of carbonyl (C=O) groups excluding carboxylic acids is 5. The van der Waals surface area contributed by atoms with Crippen molar-refractivity contribution in [2.24, 2.45) is 13.0 Å². The van der Waals surface area contributed by atoms with E-state index in [1.807, 2.05) is 108 Å². The van der Waals surface area contributed by atoms with Crippen LogP contribution in [0.4, 0.5) is 0 Å². The number of nitrogens with one attached hydrogen (secondary N) is 2. The van der Waals surface area contributed by atoms with Crippen LogP contribution in [-0.4, -0.2) is 131 Å². The third kappa shape index (κ3) is 13.8. The lowest BCUT2D eigenvalue weighted by Crippen LogP contribution is -2.58. The van der Waals surface area contributed by atoms with Gasteiger partial charge in [-0.25, -0.2) is 4.98 Å². The van der Waals surface area contributed by atoms with Crippen molar-refractivity contribution in [2.45, 2.75) is 96.2 Å². The highest BCUT2D eigenvalue weighted by molar-refractivity contribution is 6.31. The quantitative estimate of drug-likeness (QED) is 0.120. The molecule has 17 heteroatoms. The first-order valence-corrected chi connectivity index (χ1v) is 25.0. The second-order valence-electron chi connectivity index (χ2n) is 19.1. The maximum absolute atomic E-state index is 15.1. The van der Waals surface area contributed by atoms with Crippen LogP contribution >= 0.6 is 23.2 Å². The molecule has 5 amide bonds. The van der Waals surface area contributed by atoms with E-state index in [9.17, 15) is 19.2 Å². The average molecular weight is 1020 g/mol. The fourth-order valence-electron chi connectivity index (χ4n) is 8.90. The van der Waals surface area contributed by atoms with E-state index in [1.165, 1.54) is 16.9 Å². The largest absolute Gasteiger partial charge is 0.457 e. The molecule has 0 unspecified atom stereocenters. The Hall–Kier alpha value is -6.26. The van der Waals surface area contributed by atoms with Crippen LogP contribution in [0.1, 0.15) is 69.1 Å². The molecule has 15 nitrogen and oxygen atoms in total. The molecule has 1 aromatic heterocycles. The molecule has 1 fully saturated rings. The van der Waals surface area contributed by atoms with E-state index in [-0.39, 0.29) is 50.3 Å². The first-order valence-electron chi connectivity index (χ1n) is 24.2. The van der Waals surface area contributed by atoms with Crippen LogP contribution in [0.25, 0.3) is 11.3 Å². The van der Waals surface area contributed by atoms with Gasteiger partial charge in [-0.05, 0) is 114 Å². The number of methoxy groups -OCH3 is 1. The summed E-state index contributed by atoms with van der Waals surface area (Å²) in [6.45, 7) is 7.01. The van der Waals surface area contributed by atoms with Gasteiger partial charge < -0.3 is 39.4 Å². The molecule has 1 aliphatic rings. The average Bonchev–Trinajstić information content (AvgIpc) is 3.75. The molecule has 72 heavy (non-hydrogen) atoms. The summed E-state index contributed by atoms with van der Waals surface area (Å²) in [5.41, 5.74) is 4.07. The van der Waals surface area contributed by atoms with E-state index in [0.29, 0.717) is 33.5 Å². The Morgan fingerprint density at radius 1 is 0.778 bits per heavy atom. The number of hydrogen-bond acceptors (Lipinski definition) is 9. The molecule has 0 bridgehead atoms. The fourth-order valence-corrected chi connectivity index (χ4v) is 9.18. The van der Waals surface area contributed by atoms with Crippen LogP contribution in [0, 0.1) is 5.92 Å². The van der Waals surface area contributed by atoms with Crippen LogP contribution in [0.2, 0.25) is 10.0 Å². The number of imidazole rings is 1. The molecule has 7 atom stereocenters. The van der Waals surface area contributed by atoms with Gasteiger partial charge in [-0.15, -0.1) is 0 Å². The summed E-state index contributed by atoms with van der Waals surface area (Å²) in [5, 5.41) is 6.85. The van der Waals surface area contributed by atoms with Crippen molar-refractivity contribution < 1.29 is 33.4 Å². The number of rotatable bonds is 13. The predicted molar refractivity (Wildman–Crippen MR) is 281 cm³/mol. The Labute approximate surface area is 433 Å². The third-order valence-corrected chi connectivity index (χ3v) is 14.4. The maximum atomic E-state index is 15.1.